The maximum atomic E-state index is 11.7. The lowest BCUT2D eigenvalue weighted by Crippen LogP contribution is -2.41. The molecule has 0 bridgehead atoms. The number of amides is 2. The molecule has 4 heteroatoms. The maximum Gasteiger partial charge on any atom is 0.317 e. The molecule has 0 aromatic heterocycles. The zero-order valence-corrected chi connectivity index (χ0v) is 10.7. The molecule has 0 saturated heterocycles. The lowest BCUT2D eigenvalue weighted by molar-refractivity contribution is 0.180. The van der Waals surface area contributed by atoms with Gasteiger partial charge in [-0.2, -0.15) is 0 Å². The number of hydrogen-bond donors (Lipinski definition) is 2. The van der Waals surface area contributed by atoms with Gasteiger partial charge in [-0.3, -0.25) is 0 Å². The molecule has 0 heterocycles. The van der Waals surface area contributed by atoms with Gasteiger partial charge in [0.15, 0.2) is 0 Å². The van der Waals surface area contributed by atoms with Crippen LogP contribution in [0.3, 0.4) is 0 Å². The van der Waals surface area contributed by atoms with Gasteiger partial charge in [-0.15, -0.1) is 0 Å². The molecule has 1 rings (SSSR count). The van der Waals surface area contributed by atoms with Gasteiger partial charge in [-0.1, -0.05) is 11.6 Å². The average molecular weight is 240 g/mol. The number of nitrogens with zero attached hydrogens (tertiary/aromatic N) is 1. The van der Waals surface area contributed by atoms with E-state index in [2.05, 4.69) is 11.4 Å². The van der Waals surface area contributed by atoms with Crippen LogP contribution < -0.4 is 5.32 Å². The summed E-state index contributed by atoms with van der Waals surface area (Å²) in [6.45, 7) is 3.68. The number of hydrogen-bond acceptors (Lipinski definition) is 2. The lowest BCUT2D eigenvalue weighted by atomic mass is 9.97. The first kappa shape index (κ1) is 14.0. The van der Waals surface area contributed by atoms with Gasteiger partial charge >= 0.3 is 6.03 Å². The van der Waals surface area contributed by atoms with E-state index in [4.69, 9.17) is 5.11 Å². The molecule has 17 heavy (non-hydrogen) atoms. The van der Waals surface area contributed by atoms with Crippen LogP contribution in [0.25, 0.3) is 0 Å². The van der Waals surface area contributed by atoms with Crippen molar-refractivity contribution in [3.63, 3.8) is 0 Å². The number of urea groups is 1. The van der Waals surface area contributed by atoms with Crippen molar-refractivity contribution in [3.05, 3.63) is 11.6 Å². The van der Waals surface area contributed by atoms with Crippen molar-refractivity contribution in [2.45, 2.75) is 39.0 Å². The molecule has 1 aliphatic carbocycles. The van der Waals surface area contributed by atoms with Crippen molar-refractivity contribution in [2.75, 3.05) is 26.2 Å². The minimum absolute atomic E-state index is 0.0203. The Morgan fingerprint density at radius 1 is 1.53 bits per heavy atom. The molecule has 2 N–H and O–H groups in total. The molecule has 0 aromatic rings. The van der Waals surface area contributed by atoms with E-state index in [1.807, 2.05) is 6.92 Å². The van der Waals surface area contributed by atoms with Gasteiger partial charge in [-0.25, -0.2) is 4.79 Å². The Morgan fingerprint density at radius 2 is 2.35 bits per heavy atom. The zero-order chi connectivity index (χ0) is 12.5. The molecule has 2 amide bonds. The molecule has 0 radical (unpaired) electrons. The standard InChI is InChI=1S/C13H24N2O2/c1-2-15(10-11-16)13(17)14-9-8-12-6-4-3-5-7-12/h6,16H,2-5,7-11H2,1H3,(H,14,17). The third-order valence-electron chi connectivity index (χ3n) is 3.15. The first-order chi connectivity index (χ1) is 8.27. The molecule has 0 aromatic carbocycles. The number of aliphatic hydroxyl groups excluding tert-OH is 1. The van der Waals surface area contributed by atoms with Crippen LogP contribution in [0.1, 0.15) is 39.0 Å². The SMILES string of the molecule is CCN(CCO)C(=O)NCCC1=CCCCC1. The Hall–Kier alpha value is -1.03. The van der Waals surface area contributed by atoms with Crippen molar-refractivity contribution >= 4 is 6.03 Å². The van der Waals surface area contributed by atoms with Crippen LogP contribution >= 0.6 is 0 Å². The van der Waals surface area contributed by atoms with E-state index >= 15 is 0 Å². The highest BCUT2D eigenvalue weighted by atomic mass is 16.3. The van der Waals surface area contributed by atoms with Gasteiger partial charge in [-0.05, 0) is 39.0 Å². The normalized spacial score (nSPS) is 15.3. The quantitative estimate of drug-likeness (QED) is 0.697. The van der Waals surface area contributed by atoms with E-state index in [1.54, 1.807) is 4.90 Å². The molecule has 0 saturated carbocycles. The Kier molecular flexibility index (Phi) is 6.70. The first-order valence-corrected chi connectivity index (χ1v) is 6.59. The summed E-state index contributed by atoms with van der Waals surface area (Å²) >= 11 is 0. The molecule has 0 unspecified atom stereocenters. The molecule has 0 spiro atoms. The summed E-state index contributed by atoms with van der Waals surface area (Å²) in [5.41, 5.74) is 1.47. The van der Waals surface area contributed by atoms with Gasteiger partial charge in [0.1, 0.15) is 0 Å². The predicted molar refractivity (Wildman–Crippen MR) is 68.9 cm³/mol. The molecule has 0 atom stereocenters. The van der Waals surface area contributed by atoms with Gasteiger partial charge in [0.05, 0.1) is 6.61 Å². The number of carbonyl (C=O) groups is 1. The number of carbonyl (C=O) groups excluding carboxylic acids is 1. The minimum Gasteiger partial charge on any atom is -0.395 e. The molecule has 1 aliphatic rings. The molecule has 4 nitrogen and oxygen atoms in total. The fraction of sp³-hybridized carbons (Fsp3) is 0.769. The van der Waals surface area contributed by atoms with E-state index in [0.29, 0.717) is 19.6 Å². The van der Waals surface area contributed by atoms with Crippen molar-refractivity contribution in [2.24, 2.45) is 0 Å². The highest BCUT2D eigenvalue weighted by Crippen LogP contribution is 2.19. The van der Waals surface area contributed by atoms with E-state index < -0.39 is 0 Å². The average Bonchev–Trinajstić information content (AvgIpc) is 2.37. The van der Waals surface area contributed by atoms with Crippen LogP contribution in [0.4, 0.5) is 4.79 Å². The van der Waals surface area contributed by atoms with Gasteiger partial charge < -0.3 is 15.3 Å². The van der Waals surface area contributed by atoms with Crippen LogP contribution in [-0.2, 0) is 0 Å². The Labute approximate surface area is 104 Å². The second-order valence-electron chi connectivity index (χ2n) is 4.39. The maximum absolute atomic E-state index is 11.7. The largest absolute Gasteiger partial charge is 0.395 e. The Bertz CT molecular complexity index is 264. The van der Waals surface area contributed by atoms with Crippen LogP contribution in [0.2, 0.25) is 0 Å². The third-order valence-corrected chi connectivity index (χ3v) is 3.15. The summed E-state index contributed by atoms with van der Waals surface area (Å²) in [5, 5.41) is 11.7. The van der Waals surface area contributed by atoms with E-state index in [0.717, 1.165) is 6.42 Å². The third kappa shape index (κ3) is 5.22. The van der Waals surface area contributed by atoms with Gasteiger partial charge in [0.25, 0.3) is 0 Å². The number of nitrogens with one attached hydrogen (secondary N) is 1. The van der Waals surface area contributed by atoms with Crippen molar-refractivity contribution in [1.29, 1.82) is 0 Å². The second-order valence-corrected chi connectivity index (χ2v) is 4.39. The summed E-state index contributed by atoms with van der Waals surface area (Å²) in [5.74, 6) is 0. The molecular weight excluding hydrogens is 216 g/mol. The van der Waals surface area contributed by atoms with E-state index in [-0.39, 0.29) is 12.6 Å². The Balaban J connectivity index is 2.20. The van der Waals surface area contributed by atoms with E-state index in [1.165, 1.54) is 31.3 Å². The smallest absolute Gasteiger partial charge is 0.317 e. The summed E-state index contributed by atoms with van der Waals surface area (Å²) < 4.78 is 0. The summed E-state index contributed by atoms with van der Waals surface area (Å²) in [4.78, 5) is 13.3. The number of allylic oxidation sites excluding steroid dienone is 1. The fourth-order valence-corrected chi connectivity index (χ4v) is 2.10. The van der Waals surface area contributed by atoms with Crippen LogP contribution in [0.5, 0.6) is 0 Å². The van der Waals surface area contributed by atoms with Crippen LogP contribution in [-0.4, -0.2) is 42.3 Å². The summed E-state index contributed by atoms with van der Waals surface area (Å²) in [6.07, 6.45) is 8.23. The minimum atomic E-state index is -0.0713. The molecule has 0 fully saturated rings. The lowest BCUT2D eigenvalue weighted by Gasteiger charge is -2.20. The van der Waals surface area contributed by atoms with Gasteiger partial charge in [0.2, 0.25) is 0 Å². The predicted octanol–water partition coefficient (Wildman–Crippen LogP) is 1.90. The highest BCUT2D eigenvalue weighted by Gasteiger charge is 2.10. The van der Waals surface area contributed by atoms with E-state index in [9.17, 15) is 4.79 Å². The first-order valence-electron chi connectivity index (χ1n) is 6.59. The summed E-state index contributed by atoms with van der Waals surface area (Å²) in [6, 6.07) is -0.0713. The molecular formula is C13H24N2O2. The van der Waals surface area contributed by atoms with Gasteiger partial charge in [0, 0.05) is 19.6 Å². The van der Waals surface area contributed by atoms with Crippen molar-refractivity contribution in [3.8, 4) is 0 Å². The molecule has 98 valence electrons. The van der Waals surface area contributed by atoms with Crippen LogP contribution in [0.15, 0.2) is 11.6 Å². The number of aliphatic hydroxyl groups is 1. The second kappa shape index (κ2) is 8.12. The number of likely N-dealkylation sites (N-methyl/N-ethyl adjacent to an activating group) is 1. The highest BCUT2D eigenvalue weighted by molar-refractivity contribution is 5.74. The molecule has 0 aliphatic heterocycles. The van der Waals surface area contributed by atoms with Crippen LogP contribution in [0, 0.1) is 0 Å². The monoisotopic (exact) mass is 240 g/mol. The zero-order valence-electron chi connectivity index (χ0n) is 10.7. The summed E-state index contributed by atoms with van der Waals surface area (Å²) in [7, 11) is 0. The Morgan fingerprint density at radius 3 is 2.94 bits per heavy atom. The topological polar surface area (TPSA) is 52.6 Å². The fourth-order valence-electron chi connectivity index (χ4n) is 2.10. The van der Waals surface area contributed by atoms with Crippen molar-refractivity contribution in [1.82, 2.24) is 10.2 Å². The number of rotatable bonds is 6. The van der Waals surface area contributed by atoms with Crippen molar-refractivity contribution < 1.29 is 9.90 Å².